The Bertz CT molecular complexity index is 568. The molecule has 0 fully saturated rings. The van der Waals surface area contributed by atoms with Crippen LogP contribution in [0.4, 0.5) is 0 Å². The predicted molar refractivity (Wildman–Crippen MR) is 73.3 cm³/mol. The molecule has 1 aromatic carbocycles. The highest BCUT2D eigenvalue weighted by atomic mass is 16.5. The summed E-state index contributed by atoms with van der Waals surface area (Å²) < 4.78 is 5.48. The smallest absolute Gasteiger partial charge is 0.122 e. The molecule has 1 N–H and O–H groups in total. The first-order valence-electron chi connectivity index (χ1n) is 6.60. The minimum atomic E-state index is -0.541. The topological polar surface area (TPSA) is 42.4 Å². The minimum Gasteiger partial charge on any atom is -0.493 e. The quantitative estimate of drug-likeness (QED) is 0.917. The van der Waals surface area contributed by atoms with Crippen LogP contribution >= 0.6 is 0 Å². The van der Waals surface area contributed by atoms with E-state index in [4.69, 9.17) is 4.74 Å². The maximum Gasteiger partial charge on any atom is 0.122 e. The molecule has 3 rings (SSSR count). The second kappa shape index (κ2) is 5.02. The molecule has 2 unspecified atom stereocenters. The molecule has 1 aliphatic rings. The lowest BCUT2D eigenvalue weighted by Gasteiger charge is -2.19. The number of aliphatic hydroxyl groups excluding tert-OH is 1. The summed E-state index contributed by atoms with van der Waals surface area (Å²) >= 11 is 0. The number of hydrogen-bond donors (Lipinski definition) is 1. The van der Waals surface area contributed by atoms with E-state index in [2.05, 4.69) is 4.98 Å². The number of pyridine rings is 1. The van der Waals surface area contributed by atoms with E-state index in [0.717, 1.165) is 30.0 Å². The molecule has 1 aromatic heterocycles. The number of fused-ring (bicyclic) bond motifs is 1. The number of rotatable bonds is 3. The lowest BCUT2D eigenvalue weighted by molar-refractivity contribution is 0.150. The third kappa shape index (κ3) is 2.34. The molecular formula is C16H17NO2. The van der Waals surface area contributed by atoms with Gasteiger partial charge in [0.05, 0.1) is 12.7 Å². The van der Waals surface area contributed by atoms with E-state index in [9.17, 15) is 5.11 Å². The average molecular weight is 255 g/mol. The van der Waals surface area contributed by atoms with Gasteiger partial charge in [0.1, 0.15) is 5.75 Å². The molecule has 0 saturated carbocycles. The number of aliphatic hydroxyl groups is 1. The largest absolute Gasteiger partial charge is 0.493 e. The Hall–Kier alpha value is -1.87. The van der Waals surface area contributed by atoms with Gasteiger partial charge in [0, 0.05) is 24.2 Å². The molecule has 0 radical (unpaired) electrons. The summed E-state index contributed by atoms with van der Waals surface area (Å²) in [4.78, 5) is 4.31. The molecule has 0 amide bonds. The van der Waals surface area contributed by atoms with Gasteiger partial charge in [-0.2, -0.15) is 0 Å². The first-order chi connectivity index (χ1) is 9.25. The number of aromatic nitrogens is 1. The van der Waals surface area contributed by atoms with Crippen molar-refractivity contribution in [1.82, 2.24) is 4.98 Å². The Balaban J connectivity index is 1.86. The van der Waals surface area contributed by atoms with Gasteiger partial charge in [-0.1, -0.05) is 19.1 Å². The molecule has 2 atom stereocenters. The summed E-state index contributed by atoms with van der Waals surface area (Å²) in [6.45, 7) is 2.74. The van der Waals surface area contributed by atoms with Crippen LogP contribution < -0.4 is 4.74 Å². The van der Waals surface area contributed by atoms with Gasteiger partial charge in [0.2, 0.25) is 0 Å². The molecule has 0 aliphatic carbocycles. The first-order valence-corrected chi connectivity index (χ1v) is 6.60. The van der Waals surface area contributed by atoms with Crippen LogP contribution in [0.3, 0.4) is 0 Å². The monoisotopic (exact) mass is 255 g/mol. The Morgan fingerprint density at radius 2 is 2.16 bits per heavy atom. The summed E-state index contributed by atoms with van der Waals surface area (Å²) in [6.07, 6.45) is 2.14. The zero-order chi connectivity index (χ0) is 13.2. The maximum absolute atomic E-state index is 10.5. The van der Waals surface area contributed by atoms with Crippen molar-refractivity contribution < 1.29 is 9.84 Å². The van der Waals surface area contributed by atoms with Crippen molar-refractivity contribution in [2.75, 3.05) is 6.61 Å². The van der Waals surface area contributed by atoms with Crippen molar-refractivity contribution in [3.8, 4) is 5.75 Å². The number of hydrogen-bond acceptors (Lipinski definition) is 3. The fourth-order valence-electron chi connectivity index (χ4n) is 2.49. The molecule has 0 spiro atoms. The summed E-state index contributed by atoms with van der Waals surface area (Å²) in [5.41, 5.74) is 3.03. The minimum absolute atomic E-state index is 0.0263. The number of nitrogens with zero attached hydrogens (tertiary/aromatic N) is 1. The molecular weight excluding hydrogens is 238 g/mol. The van der Waals surface area contributed by atoms with Crippen LogP contribution in [-0.2, 0) is 6.42 Å². The molecule has 0 bridgehead atoms. The molecule has 98 valence electrons. The highest BCUT2D eigenvalue weighted by Crippen LogP contribution is 2.33. The van der Waals surface area contributed by atoms with Gasteiger partial charge in [-0.3, -0.25) is 4.98 Å². The summed E-state index contributed by atoms with van der Waals surface area (Å²) in [5, 5.41) is 10.5. The maximum atomic E-state index is 10.5. The molecule has 2 heterocycles. The van der Waals surface area contributed by atoms with Crippen molar-refractivity contribution >= 4 is 0 Å². The van der Waals surface area contributed by atoms with E-state index in [1.54, 1.807) is 6.20 Å². The Labute approximate surface area is 112 Å². The Morgan fingerprint density at radius 3 is 2.95 bits per heavy atom. The Morgan fingerprint density at radius 1 is 1.26 bits per heavy atom. The predicted octanol–water partition coefficient (Wildman–Crippen LogP) is 2.85. The molecule has 19 heavy (non-hydrogen) atoms. The van der Waals surface area contributed by atoms with Crippen LogP contribution in [0.15, 0.2) is 42.6 Å². The lowest BCUT2D eigenvalue weighted by atomic mass is 9.93. The van der Waals surface area contributed by atoms with E-state index in [-0.39, 0.29) is 5.92 Å². The van der Waals surface area contributed by atoms with E-state index >= 15 is 0 Å². The van der Waals surface area contributed by atoms with Crippen molar-refractivity contribution in [3.05, 3.63) is 59.4 Å². The van der Waals surface area contributed by atoms with Crippen molar-refractivity contribution in [1.29, 1.82) is 0 Å². The molecule has 2 aromatic rings. The number of benzene rings is 1. The number of ether oxygens (including phenoxy) is 1. The van der Waals surface area contributed by atoms with Gasteiger partial charge in [-0.25, -0.2) is 0 Å². The second-order valence-electron chi connectivity index (χ2n) is 4.95. The summed E-state index contributed by atoms with van der Waals surface area (Å²) in [7, 11) is 0. The fourth-order valence-corrected chi connectivity index (χ4v) is 2.49. The van der Waals surface area contributed by atoms with Gasteiger partial charge >= 0.3 is 0 Å². The van der Waals surface area contributed by atoms with Crippen molar-refractivity contribution in [2.45, 2.75) is 25.4 Å². The highest BCUT2D eigenvalue weighted by Gasteiger charge is 2.21. The van der Waals surface area contributed by atoms with Gasteiger partial charge in [0.25, 0.3) is 0 Å². The average Bonchev–Trinajstić information content (AvgIpc) is 2.94. The van der Waals surface area contributed by atoms with Crippen LogP contribution in [0.1, 0.15) is 35.8 Å². The van der Waals surface area contributed by atoms with Crippen LogP contribution in [-0.4, -0.2) is 16.7 Å². The third-order valence-electron chi connectivity index (χ3n) is 3.68. The SMILES string of the molecule is CC(c1ccccn1)C(O)c1ccc2c(c1)CCO2. The lowest BCUT2D eigenvalue weighted by Crippen LogP contribution is -2.09. The molecule has 0 saturated heterocycles. The highest BCUT2D eigenvalue weighted by molar-refractivity contribution is 5.41. The van der Waals surface area contributed by atoms with Gasteiger partial charge in [0.15, 0.2) is 0 Å². The molecule has 3 heteroatoms. The fraction of sp³-hybridized carbons (Fsp3) is 0.312. The van der Waals surface area contributed by atoms with Gasteiger partial charge in [-0.15, -0.1) is 0 Å². The van der Waals surface area contributed by atoms with Crippen LogP contribution in [0.5, 0.6) is 5.75 Å². The Kier molecular flexibility index (Phi) is 3.22. The van der Waals surface area contributed by atoms with Gasteiger partial charge in [-0.05, 0) is 35.4 Å². The molecule has 1 aliphatic heterocycles. The zero-order valence-electron chi connectivity index (χ0n) is 10.9. The molecule has 3 nitrogen and oxygen atoms in total. The van der Waals surface area contributed by atoms with Crippen molar-refractivity contribution in [3.63, 3.8) is 0 Å². The summed E-state index contributed by atoms with van der Waals surface area (Å²) in [6, 6.07) is 11.7. The van der Waals surface area contributed by atoms with Crippen molar-refractivity contribution in [2.24, 2.45) is 0 Å². The zero-order valence-corrected chi connectivity index (χ0v) is 10.9. The van der Waals surface area contributed by atoms with E-state index in [1.165, 1.54) is 5.56 Å². The first kappa shape index (κ1) is 12.2. The van der Waals surface area contributed by atoms with E-state index < -0.39 is 6.10 Å². The van der Waals surface area contributed by atoms with Crippen LogP contribution in [0, 0.1) is 0 Å². The normalized spacial score (nSPS) is 16.5. The van der Waals surface area contributed by atoms with E-state index in [0.29, 0.717) is 0 Å². The standard InChI is InChI=1S/C16H17NO2/c1-11(14-4-2-3-8-17-14)16(18)13-5-6-15-12(10-13)7-9-19-15/h2-6,8,10-11,16,18H,7,9H2,1H3. The summed E-state index contributed by atoms with van der Waals surface area (Å²) in [5.74, 6) is 0.919. The van der Waals surface area contributed by atoms with Crippen LogP contribution in [0.2, 0.25) is 0 Å². The van der Waals surface area contributed by atoms with Gasteiger partial charge < -0.3 is 9.84 Å². The van der Waals surface area contributed by atoms with E-state index in [1.807, 2.05) is 43.3 Å². The second-order valence-corrected chi connectivity index (χ2v) is 4.95. The third-order valence-corrected chi connectivity index (χ3v) is 3.68. The van der Waals surface area contributed by atoms with Crippen LogP contribution in [0.25, 0.3) is 0 Å².